The fourth-order valence-corrected chi connectivity index (χ4v) is 8.78. The molecule has 2 bridgehead atoms. The summed E-state index contributed by atoms with van der Waals surface area (Å²) in [6.45, 7) is 0.272. The number of rotatable bonds is 8. The lowest BCUT2D eigenvalue weighted by molar-refractivity contribution is -0.169. The second kappa shape index (κ2) is 9.80. The van der Waals surface area contributed by atoms with Gasteiger partial charge in [0.25, 0.3) is 0 Å². The maximum absolute atomic E-state index is 13.3. The van der Waals surface area contributed by atoms with Crippen molar-refractivity contribution < 1.29 is 27.2 Å². The Labute approximate surface area is 236 Å². The Morgan fingerprint density at radius 1 is 1.02 bits per heavy atom. The summed E-state index contributed by atoms with van der Waals surface area (Å²) in [6.07, 6.45) is 3.23. The van der Waals surface area contributed by atoms with Crippen molar-refractivity contribution in [1.29, 1.82) is 0 Å². The number of phenols is 1. The summed E-state index contributed by atoms with van der Waals surface area (Å²) in [5.74, 6) is 0.234. The van der Waals surface area contributed by atoms with E-state index < -0.39 is 28.5 Å². The molecule has 4 aliphatic rings. The van der Waals surface area contributed by atoms with Crippen LogP contribution in [0.15, 0.2) is 66.7 Å². The molecule has 1 spiro atoms. The van der Waals surface area contributed by atoms with Gasteiger partial charge in [0.15, 0.2) is 23.4 Å². The van der Waals surface area contributed by atoms with Crippen molar-refractivity contribution in [3.05, 3.63) is 83.4 Å². The van der Waals surface area contributed by atoms with Crippen LogP contribution in [0.3, 0.4) is 0 Å². The van der Waals surface area contributed by atoms with Gasteiger partial charge in [-0.2, -0.15) is 4.21 Å². The van der Waals surface area contributed by atoms with Crippen LogP contribution in [0.25, 0.3) is 11.1 Å². The average Bonchev–Trinajstić information content (AvgIpc) is 3.34. The molecule has 2 fully saturated rings. The molecule has 0 radical (unpaired) electrons. The van der Waals surface area contributed by atoms with Crippen molar-refractivity contribution in [3.8, 4) is 22.6 Å². The number of nitrogens with two attached hydrogens (primary N) is 1. The van der Waals surface area contributed by atoms with E-state index in [2.05, 4.69) is 36.4 Å². The zero-order valence-electron chi connectivity index (χ0n) is 22.2. The second-order valence-electron chi connectivity index (χ2n) is 11.6. The maximum atomic E-state index is 13.3. The lowest BCUT2D eigenvalue weighted by atomic mass is 9.45. The molecule has 7 nitrogen and oxygen atoms in total. The summed E-state index contributed by atoms with van der Waals surface area (Å²) >= 11 is -2.03. The Balaban J connectivity index is 1.07. The van der Waals surface area contributed by atoms with Crippen LogP contribution in [-0.4, -0.2) is 39.5 Å². The Hall–Kier alpha value is -3.04. The molecule has 40 heavy (non-hydrogen) atoms. The number of aromatic hydroxyl groups is 1. The number of carbonyl (C=O) groups excluding carboxylic acids is 1. The molecule has 3 aliphatic carbocycles. The highest BCUT2D eigenvalue weighted by molar-refractivity contribution is 7.75. The number of carbonyl (C=O) groups is 1. The molecule has 208 valence electrons. The van der Waals surface area contributed by atoms with Crippen LogP contribution < -0.4 is 10.5 Å². The predicted molar refractivity (Wildman–Crippen MR) is 151 cm³/mol. The van der Waals surface area contributed by atoms with Crippen LogP contribution in [0.4, 0.5) is 0 Å². The van der Waals surface area contributed by atoms with Crippen LogP contribution in [-0.2, 0) is 42.8 Å². The van der Waals surface area contributed by atoms with E-state index in [0.29, 0.717) is 37.9 Å². The van der Waals surface area contributed by atoms with Crippen molar-refractivity contribution in [2.75, 3.05) is 6.61 Å². The van der Waals surface area contributed by atoms with Gasteiger partial charge in [-0.15, -0.1) is 0 Å². The molecular weight excluding hydrogens is 526 g/mol. The van der Waals surface area contributed by atoms with E-state index in [1.54, 1.807) is 6.07 Å². The SMILES string of the molecule is NC1CCC23c4c5ccc(O)c4OC2C(=O)CCC3(OS(=O)OCCCc2ccc(-c3ccccc3)cc2)C1C5. The molecule has 6 unspecified atom stereocenters. The minimum atomic E-state index is -2.03. The molecule has 1 heterocycles. The maximum Gasteiger partial charge on any atom is 0.305 e. The molecule has 1 aliphatic heterocycles. The van der Waals surface area contributed by atoms with Crippen molar-refractivity contribution in [2.45, 2.75) is 68.1 Å². The van der Waals surface area contributed by atoms with Crippen molar-refractivity contribution >= 4 is 17.1 Å². The number of hydrogen-bond acceptors (Lipinski definition) is 7. The highest BCUT2D eigenvalue weighted by Crippen LogP contribution is 2.68. The molecule has 0 aromatic heterocycles. The summed E-state index contributed by atoms with van der Waals surface area (Å²) in [4.78, 5) is 13.2. The quantitative estimate of drug-likeness (QED) is 0.385. The van der Waals surface area contributed by atoms with E-state index >= 15 is 0 Å². The third-order valence-corrected chi connectivity index (χ3v) is 10.4. The molecule has 0 saturated heterocycles. The normalized spacial score (nSPS) is 30.4. The monoisotopic (exact) mass is 559 g/mol. The largest absolute Gasteiger partial charge is 0.504 e. The molecule has 2 saturated carbocycles. The molecule has 7 rings (SSSR count). The van der Waals surface area contributed by atoms with E-state index in [4.69, 9.17) is 18.8 Å². The van der Waals surface area contributed by atoms with E-state index in [9.17, 15) is 14.1 Å². The third kappa shape index (κ3) is 3.80. The van der Waals surface area contributed by atoms with Crippen molar-refractivity contribution in [2.24, 2.45) is 11.7 Å². The molecule has 3 N–H and O–H groups in total. The van der Waals surface area contributed by atoms with E-state index in [-0.39, 0.29) is 36.5 Å². The minimum Gasteiger partial charge on any atom is -0.504 e. The third-order valence-electron chi connectivity index (χ3n) is 9.64. The number of aryl methyl sites for hydroxylation is 1. The van der Waals surface area contributed by atoms with Gasteiger partial charge in [0.2, 0.25) is 0 Å². The summed E-state index contributed by atoms with van der Waals surface area (Å²) in [5, 5.41) is 10.6. The zero-order valence-corrected chi connectivity index (χ0v) is 23.0. The van der Waals surface area contributed by atoms with Gasteiger partial charge in [0.1, 0.15) is 5.60 Å². The molecule has 3 aromatic carbocycles. The van der Waals surface area contributed by atoms with Gasteiger partial charge in [-0.1, -0.05) is 60.7 Å². The molecule has 3 aromatic rings. The topological polar surface area (TPSA) is 108 Å². The summed E-state index contributed by atoms with van der Waals surface area (Å²) in [6, 6.07) is 22.1. The lowest BCUT2D eigenvalue weighted by Crippen LogP contribution is -2.74. The fourth-order valence-electron chi connectivity index (χ4n) is 7.88. The van der Waals surface area contributed by atoms with Gasteiger partial charge in [-0.3, -0.25) is 13.2 Å². The van der Waals surface area contributed by atoms with Gasteiger partial charge in [0.05, 0.1) is 12.0 Å². The molecular formula is C32H33NO6S. The first kappa shape index (κ1) is 25.9. The van der Waals surface area contributed by atoms with Gasteiger partial charge in [0, 0.05) is 23.9 Å². The molecule has 0 amide bonds. The fraction of sp³-hybridized carbons (Fsp3) is 0.406. The number of phenolic OH excluding ortho intramolecular Hbond substituents is 1. The van der Waals surface area contributed by atoms with Gasteiger partial charge in [-0.25, -0.2) is 0 Å². The Morgan fingerprint density at radius 3 is 2.60 bits per heavy atom. The second-order valence-corrected chi connectivity index (χ2v) is 12.4. The van der Waals surface area contributed by atoms with Crippen molar-refractivity contribution in [1.82, 2.24) is 0 Å². The van der Waals surface area contributed by atoms with E-state index in [1.807, 2.05) is 24.3 Å². The molecule has 6 atom stereocenters. The van der Waals surface area contributed by atoms with Gasteiger partial charge >= 0.3 is 11.4 Å². The summed E-state index contributed by atoms with van der Waals surface area (Å²) in [5.41, 5.74) is 10.3. The Kier molecular flexibility index (Phi) is 6.35. The van der Waals surface area contributed by atoms with E-state index in [0.717, 1.165) is 17.5 Å². The first-order valence-electron chi connectivity index (χ1n) is 14.1. The van der Waals surface area contributed by atoms with Crippen LogP contribution in [0.1, 0.15) is 48.8 Å². The standard InChI is InChI=1S/C32H33NO6S/c33-25-14-16-31-28-23-12-13-26(34)29(28)38-30(31)27(35)15-17-32(31,24(25)19-23)39-40(36)37-18-4-5-20-8-10-22(11-9-20)21-6-2-1-3-7-21/h1-3,6-13,24-25,30,34H,4-5,14-19,33H2. The smallest absolute Gasteiger partial charge is 0.305 e. The van der Waals surface area contributed by atoms with Gasteiger partial charge in [-0.05, 0) is 66.8 Å². The Bertz CT molecular complexity index is 1480. The van der Waals surface area contributed by atoms with Crippen LogP contribution in [0.2, 0.25) is 0 Å². The number of benzene rings is 3. The summed E-state index contributed by atoms with van der Waals surface area (Å²) < 4.78 is 31.7. The number of ketones is 1. The average molecular weight is 560 g/mol. The van der Waals surface area contributed by atoms with E-state index in [1.165, 1.54) is 16.7 Å². The highest BCUT2D eigenvalue weighted by atomic mass is 32.2. The van der Waals surface area contributed by atoms with Crippen LogP contribution >= 0.6 is 0 Å². The number of ether oxygens (including phenoxy) is 1. The Morgan fingerprint density at radius 2 is 1.80 bits per heavy atom. The van der Waals surface area contributed by atoms with Crippen molar-refractivity contribution in [3.63, 3.8) is 0 Å². The number of Topliss-reactive ketones (excluding diaryl/α,β-unsaturated/α-hetero) is 1. The molecule has 8 heteroatoms. The summed E-state index contributed by atoms with van der Waals surface area (Å²) in [7, 11) is 0. The minimum absolute atomic E-state index is 0.0121. The highest BCUT2D eigenvalue weighted by Gasteiger charge is 2.75. The predicted octanol–water partition coefficient (Wildman–Crippen LogP) is 4.70. The first-order chi connectivity index (χ1) is 19.4. The van der Waals surface area contributed by atoms with Crippen LogP contribution in [0.5, 0.6) is 11.5 Å². The first-order valence-corrected chi connectivity index (χ1v) is 15.1. The number of hydrogen-bond donors (Lipinski definition) is 2. The lowest BCUT2D eigenvalue weighted by Gasteiger charge is -2.62. The van der Waals surface area contributed by atoms with Gasteiger partial charge < -0.3 is 15.6 Å². The van der Waals surface area contributed by atoms with Crippen LogP contribution in [0, 0.1) is 5.92 Å². The zero-order chi connectivity index (χ0) is 27.5.